The molecule has 3 N–H and O–H groups in total. The third-order valence-corrected chi connectivity index (χ3v) is 5.01. The van der Waals surface area contributed by atoms with Crippen LogP contribution in [0.1, 0.15) is 28.8 Å². The number of non-ortho nitro benzene ring substituents is 1. The molecule has 2 aromatic carbocycles. The largest absolute Gasteiger partial charge is 0.362 e. The Balaban J connectivity index is 1.55. The first-order chi connectivity index (χ1) is 14.9. The van der Waals surface area contributed by atoms with Gasteiger partial charge in [0, 0.05) is 18.7 Å². The van der Waals surface area contributed by atoms with Crippen LogP contribution in [0.5, 0.6) is 0 Å². The highest BCUT2D eigenvalue weighted by atomic mass is 16.7. The minimum Gasteiger partial charge on any atom is -0.335 e. The number of nitrogens with one attached hydrogen (secondary N) is 1. The molecule has 2 atom stereocenters. The van der Waals surface area contributed by atoms with Crippen LogP contribution in [0.4, 0.5) is 5.69 Å². The van der Waals surface area contributed by atoms with E-state index in [0.29, 0.717) is 25.8 Å². The molecule has 2 amide bonds. The quantitative estimate of drug-likeness (QED) is 0.524. The standard InChI is InChI=1S/C21H22N4O6/c22-17(13-14-5-2-1-3-6-14)20(27)24-12-4-7-18(24)19(26)23-31-21(28)15-8-10-16(11-9-15)25(29)30/h1-3,5-6,8-11,17-18H,4,7,12-13,22H2,(H,23,26). The van der Waals surface area contributed by atoms with Gasteiger partial charge in [-0.05, 0) is 37.0 Å². The monoisotopic (exact) mass is 426 g/mol. The van der Waals surface area contributed by atoms with Crippen LogP contribution in [0.15, 0.2) is 54.6 Å². The second-order valence-corrected chi connectivity index (χ2v) is 7.15. The maximum absolute atomic E-state index is 12.8. The Morgan fingerprint density at radius 2 is 1.84 bits per heavy atom. The summed E-state index contributed by atoms with van der Waals surface area (Å²) in [5.74, 6) is -1.85. The van der Waals surface area contributed by atoms with Crippen LogP contribution in [0.2, 0.25) is 0 Å². The van der Waals surface area contributed by atoms with Crippen molar-refractivity contribution < 1.29 is 24.1 Å². The lowest BCUT2D eigenvalue weighted by Crippen LogP contribution is -2.52. The summed E-state index contributed by atoms with van der Waals surface area (Å²) < 4.78 is 0. The second-order valence-electron chi connectivity index (χ2n) is 7.15. The van der Waals surface area contributed by atoms with Gasteiger partial charge in [-0.2, -0.15) is 5.48 Å². The summed E-state index contributed by atoms with van der Waals surface area (Å²) in [7, 11) is 0. The van der Waals surface area contributed by atoms with E-state index < -0.39 is 28.9 Å². The Bertz CT molecular complexity index is 964. The summed E-state index contributed by atoms with van der Waals surface area (Å²) >= 11 is 0. The van der Waals surface area contributed by atoms with Crippen LogP contribution in [-0.4, -0.2) is 46.2 Å². The number of amides is 2. The van der Waals surface area contributed by atoms with E-state index in [4.69, 9.17) is 10.6 Å². The number of nitro benzene ring substituents is 1. The van der Waals surface area contributed by atoms with Gasteiger partial charge in [-0.25, -0.2) is 4.79 Å². The zero-order chi connectivity index (χ0) is 22.4. The number of likely N-dealkylation sites (tertiary alicyclic amines) is 1. The van der Waals surface area contributed by atoms with E-state index in [1.165, 1.54) is 17.0 Å². The van der Waals surface area contributed by atoms with Crippen molar-refractivity contribution in [3.63, 3.8) is 0 Å². The van der Waals surface area contributed by atoms with E-state index in [1.807, 2.05) is 30.3 Å². The van der Waals surface area contributed by atoms with E-state index in [0.717, 1.165) is 17.7 Å². The van der Waals surface area contributed by atoms with Crippen molar-refractivity contribution in [1.29, 1.82) is 0 Å². The van der Waals surface area contributed by atoms with E-state index in [2.05, 4.69) is 5.48 Å². The summed E-state index contributed by atoms with van der Waals surface area (Å²) in [5, 5.41) is 10.7. The fourth-order valence-electron chi connectivity index (χ4n) is 3.41. The van der Waals surface area contributed by atoms with Gasteiger partial charge in [-0.1, -0.05) is 30.3 Å². The molecule has 1 heterocycles. The topological polar surface area (TPSA) is 145 Å². The van der Waals surface area contributed by atoms with Gasteiger partial charge in [0.1, 0.15) is 6.04 Å². The van der Waals surface area contributed by atoms with E-state index in [-0.39, 0.29) is 17.2 Å². The summed E-state index contributed by atoms with van der Waals surface area (Å²) in [6.45, 7) is 0.385. The van der Waals surface area contributed by atoms with E-state index in [1.54, 1.807) is 0 Å². The normalized spacial score (nSPS) is 16.4. The number of nitro groups is 1. The van der Waals surface area contributed by atoms with Crippen molar-refractivity contribution in [1.82, 2.24) is 10.4 Å². The molecule has 1 fully saturated rings. The average molecular weight is 426 g/mol. The summed E-state index contributed by atoms with van der Waals surface area (Å²) in [6, 6.07) is 12.5. The van der Waals surface area contributed by atoms with Crippen molar-refractivity contribution >= 4 is 23.5 Å². The lowest BCUT2D eigenvalue weighted by molar-refractivity contribution is -0.384. The average Bonchev–Trinajstić information content (AvgIpc) is 3.27. The fraction of sp³-hybridized carbons (Fsp3) is 0.286. The molecule has 1 aliphatic heterocycles. The van der Waals surface area contributed by atoms with Crippen LogP contribution in [0.3, 0.4) is 0 Å². The molecule has 10 nitrogen and oxygen atoms in total. The Kier molecular flexibility index (Phi) is 6.93. The van der Waals surface area contributed by atoms with E-state index in [9.17, 15) is 24.5 Å². The Morgan fingerprint density at radius 3 is 2.48 bits per heavy atom. The van der Waals surface area contributed by atoms with Crippen molar-refractivity contribution in [3.8, 4) is 0 Å². The number of nitrogens with two attached hydrogens (primary N) is 1. The number of hydroxylamine groups is 1. The molecule has 3 rings (SSSR count). The molecule has 0 saturated carbocycles. The molecule has 2 aromatic rings. The Morgan fingerprint density at radius 1 is 1.16 bits per heavy atom. The SMILES string of the molecule is NC(Cc1ccccc1)C(=O)N1CCCC1C(=O)NOC(=O)c1ccc([N+](=O)[O-])cc1. The highest BCUT2D eigenvalue weighted by Gasteiger charge is 2.36. The number of nitrogens with zero attached hydrogens (tertiary/aromatic N) is 2. The molecule has 0 radical (unpaired) electrons. The van der Waals surface area contributed by atoms with Gasteiger partial charge in [-0.15, -0.1) is 0 Å². The molecular formula is C21H22N4O6. The number of hydrogen-bond acceptors (Lipinski definition) is 7. The fourth-order valence-corrected chi connectivity index (χ4v) is 3.41. The third-order valence-electron chi connectivity index (χ3n) is 5.01. The number of hydrogen-bond donors (Lipinski definition) is 2. The maximum atomic E-state index is 12.8. The first kappa shape index (κ1) is 21.9. The molecule has 31 heavy (non-hydrogen) atoms. The number of carbonyl (C=O) groups is 3. The van der Waals surface area contributed by atoms with Crippen LogP contribution in [0, 0.1) is 10.1 Å². The first-order valence-corrected chi connectivity index (χ1v) is 9.72. The number of carbonyl (C=O) groups excluding carboxylic acids is 3. The third kappa shape index (κ3) is 5.43. The van der Waals surface area contributed by atoms with Gasteiger partial charge >= 0.3 is 5.97 Å². The molecule has 0 aliphatic carbocycles. The van der Waals surface area contributed by atoms with Crippen LogP contribution >= 0.6 is 0 Å². The minimum atomic E-state index is -0.875. The summed E-state index contributed by atoms with van der Waals surface area (Å²) in [4.78, 5) is 53.6. The summed E-state index contributed by atoms with van der Waals surface area (Å²) in [5.41, 5.74) is 8.92. The van der Waals surface area contributed by atoms with Crippen molar-refractivity contribution in [2.24, 2.45) is 5.73 Å². The van der Waals surface area contributed by atoms with Crippen LogP contribution < -0.4 is 11.2 Å². The smallest absolute Gasteiger partial charge is 0.335 e. The van der Waals surface area contributed by atoms with Crippen molar-refractivity contribution in [3.05, 3.63) is 75.8 Å². The molecule has 0 bridgehead atoms. The van der Waals surface area contributed by atoms with Gasteiger partial charge in [-0.3, -0.25) is 19.7 Å². The Hall–Kier alpha value is -3.79. The molecule has 0 spiro atoms. The van der Waals surface area contributed by atoms with Crippen LogP contribution in [-0.2, 0) is 20.8 Å². The highest BCUT2D eigenvalue weighted by Crippen LogP contribution is 2.19. The maximum Gasteiger partial charge on any atom is 0.362 e. The van der Waals surface area contributed by atoms with Crippen molar-refractivity contribution in [2.75, 3.05) is 6.54 Å². The molecule has 0 aromatic heterocycles. The molecular weight excluding hydrogens is 404 g/mol. The lowest BCUT2D eigenvalue weighted by Gasteiger charge is -2.26. The van der Waals surface area contributed by atoms with Gasteiger partial charge in [0.25, 0.3) is 11.6 Å². The Labute approximate surface area is 178 Å². The zero-order valence-electron chi connectivity index (χ0n) is 16.6. The lowest BCUT2D eigenvalue weighted by atomic mass is 10.1. The van der Waals surface area contributed by atoms with Gasteiger partial charge in [0.15, 0.2) is 0 Å². The summed E-state index contributed by atoms with van der Waals surface area (Å²) in [6.07, 6.45) is 1.39. The van der Waals surface area contributed by atoms with Gasteiger partial charge in [0.05, 0.1) is 16.5 Å². The van der Waals surface area contributed by atoms with Gasteiger partial charge < -0.3 is 15.5 Å². The molecule has 162 valence electrons. The predicted molar refractivity (Wildman–Crippen MR) is 110 cm³/mol. The van der Waals surface area contributed by atoms with E-state index >= 15 is 0 Å². The molecule has 1 aliphatic rings. The molecule has 10 heteroatoms. The minimum absolute atomic E-state index is 0.0372. The van der Waals surface area contributed by atoms with Crippen molar-refractivity contribution in [2.45, 2.75) is 31.3 Å². The van der Waals surface area contributed by atoms with Gasteiger partial charge in [0.2, 0.25) is 5.91 Å². The second kappa shape index (κ2) is 9.81. The molecule has 1 saturated heterocycles. The molecule has 2 unspecified atom stereocenters. The zero-order valence-corrected chi connectivity index (χ0v) is 16.6. The first-order valence-electron chi connectivity index (χ1n) is 9.72. The predicted octanol–water partition coefficient (Wildman–Crippen LogP) is 1.34. The van der Waals surface area contributed by atoms with Crippen LogP contribution in [0.25, 0.3) is 0 Å². The number of rotatable bonds is 6. The highest BCUT2D eigenvalue weighted by molar-refractivity contribution is 5.93. The number of benzene rings is 2.